The van der Waals surface area contributed by atoms with Gasteiger partial charge < -0.3 is 4.74 Å². The molecule has 0 saturated carbocycles. The zero-order valence-electron chi connectivity index (χ0n) is 11.3. The lowest BCUT2D eigenvalue weighted by Crippen LogP contribution is -2.31. The molecule has 0 amide bonds. The number of benzene rings is 1. The van der Waals surface area contributed by atoms with Gasteiger partial charge >= 0.3 is 5.69 Å². The molecule has 7 nitrogen and oxygen atoms in total. The van der Waals surface area contributed by atoms with Crippen LogP contribution >= 0.6 is 0 Å². The Labute approximate surface area is 119 Å². The second-order valence-electron chi connectivity index (χ2n) is 4.24. The normalized spacial score (nSPS) is 10.7. The molecule has 0 radical (unpaired) electrons. The molecule has 0 spiro atoms. The van der Waals surface area contributed by atoms with Crippen LogP contribution in [0.3, 0.4) is 0 Å². The predicted octanol–water partition coefficient (Wildman–Crippen LogP) is 1.33. The Kier molecular flexibility index (Phi) is 4.45. The van der Waals surface area contributed by atoms with Crippen LogP contribution in [0.1, 0.15) is 11.1 Å². The molecule has 0 aliphatic carbocycles. The van der Waals surface area contributed by atoms with E-state index in [1.165, 1.54) is 16.8 Å². The Morgan fingerprint density at radius 1 is 1.29 bits per heavy atom. The second kappa shape index (κ2) is 6.47. The van der Waals surface area contributed by atoms with E-state index in [9.17, 15) is 14.5 Å². The summed E-state index contributed by atoms with van der Waals surface area (Å²) in [5.41, 5.74) is -0.0333. The van der Waals surface area contributed by atoms with E-state index >= 15 is 0 Å². The van der Waals surface area contributed by atoms with Crippen LogP contribution in [0.2, 0.25) is 0 Å². The van der Waals surface area contributed by atoms with Gasteiger partial charge in [0.1, 0.15) is 5.75 Å². The highest BCUT2D eigenvalue weighted by Gasteiger charge is 2.03. The van der Waals surface area contributed by atoms with Crippen molar-refractivity contribution in [3.63, 3.8) is 0 Å². The molecule has 0 atom stereocenters. The topological polar surface area (TPSA) is 93.5 Å². The minimum Gasteiger partial charge on any atom is -0.497 e. The number of aromatic amines is 1. The van der Waals surface area contributed by atoms with Crippen LogP contribution < -0.4 is 16.0 Å². The van der Waals surface area contributed by atoms with Crippen molar-refractivity contribution >= 4 is 6.08 Å². The molecule has 2 aromatic rings. The molecule has 0 saturated heterocycles. The van der Waals surface area contributed by atoms with Crippen LogP contribution in [0, 0.1) is 4.91 Å². The lowest BCUT2D eigenvalue weighted by Gasteiger charge is -2.07. The number of aromatic nitrogens is 2. The van der Waals surface area contributed by atoms with Gasteiger partial charge in [-0.05, 0) is 28.9 Å². The Balaban J connectivity index is 2.34. The van der Waals surface area contributed by atoms with Gasteiger partial charge in [-0.2, -0.15) is 0 Å². The molecule has 0 aliphatic rings. The molecular weight excluding hydrogens is 274 g/mol. The van der Waals surface area contributed by atoms with E-state index in [-0.39, 0.29) is 12.1 Å². The first kappa shape index (κ1) is 14.4. The molecule has 108 valence electrons. The van der Waals surface area contributed by atoms with E-state index in [1.807, 2.05) is 12.1 Å². The summed E-state index contributed by atoms with van der Waals surface area (Å²) in [6.07, 6.45) is 3.58. The molecule has 1 N–H and O–H groups in total. The minimum absolute atomic E-state index is 0.183. The third kappa shape index (κ3) is 3.53. The fraction of sp³-hybridized carbons (Fsp3) is 0.143. The first-order valence-electron chi connectivity index (χ1n) is 6.10. The summed E-state index contributed by atoms with van der Waals surface area (Å²) in [6.45, 7) is 0.287. The Morgan fingerprint density at radius 2 is 2.00 bits per heavy atom. The van der Waals surface area contributed by atoms with Gasteiger partial charge in [-0.1, -0.05) is 12.1 Å². The zero-order chi connectivity index (χ0) is 15.2. The Hall–Kier alpha value is -2.96. The predicted molar refractivity (Wildman–Crippen MR) is 78.2 cm³/mol. The fourth-order valence-corrected chi connectivity index (χ4v) is 1.80. The molecule has 0 aliphatic heterocycles. The summed E-state index contributed by atoms with van der Waals surface area (Å²) in [4.78, 5) is 35.6. The van der Waals surface area contributed by atoms with Gasteiger partial charge in [0.05, 0.1) is 25.4 Å². The van der Waals surface area contributed by atoms with Crippen molar-refractivity contribution in [1.29, 1.82) is 0 Å². The summed E-state index contributed by atoms with van der Waals surface area (Å²) < 4.78 is 6.40. The van der Waals surface area contributed by atoms with Gasteiger partial charge in [-0.25, -0.2) is 4.79 Å². The molecule has 0 unspecified atom stereocenters. The third-order valence-electron chi connectivity index (χ3n) is 2.87. The number of nitroso groups, excluding NO2 is 1. The van der Waals surface area contributed by atoms with E-state index in [0.717, 1.165) is 11.8 Å². The number of hydrogen-bond donors (Lipinski definition) is 1. The highest BCUT2D eigenvalue weighted by molar-refractivity contribution is 5.46. The largest absolute Gasteiger partial charge is 0.497 e. The number of rotatable bonds is 5. The SMILES string of the molecule is COc1ccc(Cn2cc(/C=C/N=O)c(=O)[nH]c2=O)cc1. The molecule has 7 heteroatoms. The Morgan fingerprint density at radius 3 is 2.62 bits per heavy atom. The van der Waals surface area contributed by atoms with E-state index < -0.39 is 11.2 Å². The van der Waals surface area contributed by atoms with Gasteiger partial charge in [0.15, 0.2) is 0 Å². The van der Waals surface area contributed by atoms with Crippen LogP contribution in [0.5, 0.6) is 5.75 Å². The molecule has 1 heterocycles. The van der Waals surface area contributed by atoms with E-state index in [2.05, 4.69) is 10.2 Å². The van der Waals surface area contributed by atoms with Crippen LogP contribution in [-0.2, 0) is 6.54 Å². The number of nitrogens with zero attached hydrogens (tertiary/aromatic N) is 2. The van der Waals surface area contributed by atoms with Gasteiger partial charge in [0.25, 0.3) is 5.56 Å². The number of H-pyrrole nitrogens is 1. The first-order valence-corrected chi connectivity index (χ1v) is 6.10. The zero-order valence-corrected chi connectivity index (χ0v) is 11.3. The van der Waals surface area contributed by atoms with Crippen molar-refractivity contribution < 1.29 is 4.74 Å². The maximum atomic E-state index is 11.8. The lowest BCUT2D eigenvalue weighted by molar-refractivity contribution is 0.414. The van der Waals surface area contributed by atoms with Crippen molar-refractivity contribution in [2.75, 3.05) is 7.11 Å². The van der Waals surface area contributed by atoms with Crippen LogP contribution in [0.15, 0.2) is 51.4 Å². The average Bonchev–Trinajstić information content (AvgIpc) is 2.49. The minimum atomic E-state index is -0.564. The number of methoxy groups -OCH3 is 1. The molecule has 21 heavy (non-hydrogen) atoms. The van der Waals surface area contributed by atoms with Crippen molar-refractivity contribution in [3.05, 3.63) is 73.5 Å². The summed E-state index contributed by atoms with van der Waals surface area (Å²) in [7, 11) is 1.57. The summed E-state index contributed by atoms with van der Waals surface area (Å²) >= 11 is 0. The monoisotopic (exact) mass is 287 g/mol. The van der Waals surface area contributed by atoms with Crippen molar-refractivity contribution in [3.8, 4) is 5.75 Å². The van der Waals surface area contributed by atoms with Crippen LogP contribution in [-0.4, -0.2) is 16.7 Å². The molecule has 1 aromatic carbocycles. The Bertz CT molecular complexity index is 772. The molecule has 1 aromatic heterocycles. The lowest BCUT2D eigenvalue weighted by atomic mass is 10.2. The van der Waals surface area contributed by atoms with Crippen molar-refractivity contribution in [1.82, 2.24) is 9.55 Å². The summed E-state index contributed by atoms with van der Waals surface area (Å²) in [6, 6.07) is 7.20. The number of ether oxygens (including phenoxy) is 1. The molecule has 0 fully saturated rings. The summed E-state index contributed by atoms with van der Waals surface area (Å²) in [5, 5.41) is 2.54. The maximum absolute atomic E-state index is 11.8. The van der Waals surface area contributed by atoms with Gasteiger partial charge in [-0.15, -0.1) is 4.91 Å². The van der Waals surface area contributed by atoms with Crippen LogP contribution in [0.25, 0.3) is 6.08 Å². The van der Waals surface area contributed by atoms with E-state index in [0.29, 0.717) is 5.75 Å². The smallest absolute Gasteiger partial charge is 0.328 e. The molecule has 0 bridgehead atoms. The summed E-state index contributed by atoms with van der Waals surface area (Å²) in [5.74, 6) is 0.716. The molecule has 2 rings (SSSR count). The number of nitrogens with one attached hydrogen (secondary N) is 1. The number of hydrogen-bond acceptors (Lipinski definition) is 5. The van der Waals surface area contributed by atoms with Gasteiger partial charge in [0, 0.05) is 6.20 Å². The fourth-order valence-electron chi connectivity index (χ4n) is 1.80. The quantitative estimate of drug-likeness (QED) is 0.839. The average molecular weight is 287 g/mol. The first-order chi connectivity index (χ1) is 10.1. The highest BCUT2D eigenvalue weighted by atomic mass is 16.5. The highest BCUT2D eigenvalue weighted by Crippen LogP contribution is 2.11. The van der Waals surface area contributed by atoms with Gasteiger partial charge in [0.2, 0.25) is 0 Å². The van der Waals surface area contributed by atoms with Crippen LogP contribution in [0.4, 0.5) is 0 Å². The standard InChI is InChI=1S/C14H13N3O4/c1-21-12-4-2-10(3-5-12)8-17-9-11(6-7-15-20)13(18)16-14(17)19/h2-7,9H,8H2,1H3,(H,16,18,19)/b7-6+. The van der Waals surface area contributed by atoms with E-state index in [4.69, 9.17) is 4.74 Å². The van der Waals surface area contributed by atoms with E-state index in [1.54, 1.807) is 19.2 Å². The van der Waals surface area contributed by atoms with Crippen molar-refractivity contribution in [2.24, 2.45) is 5.18 Å². The maximum Gasteiger partial charge on any atom is 0.328 e. The van der Waals surface area contributed by atoms with Crippen molar-refractivity contribution in [2.45, 2.75) is 6.54 Å². The second-order valence-corrected chi connectivity index (χ2v) is 4.24. The van der Waals surface area contributed by atoms with Gasteiger partial charge in [-0.3, -0.25) is 14.3 Å². The molecular formula is C14H13N3O4. The third-order valence-corrected chi connectivity index (χ3v) is 2.87.